The first-order chi connectivity index (χ1) is 15.1. The van der Waals surface area contributed by atoms with Gasteiger partial charge < -0.3 is 19.9 Å². The molecular formula is C23H38IN7O. The van der Waals surface area contributed by atoms with E-state index < -0.39 is 0 Å². The molecular weight excluding hydrogens is 517 g/mol. The predicted octanol–water partition coefficient (Wildman–Crippen LogP) is 2.87. The van der Waals surface area contributed by atoms with E-state index in [0.29, 0.717) is 18.6 Å². The Morgan fingerprint density at radius 3 is 2.72 bits per heavy atom. The number of hydrogen-bond acceptors (Lipinski definition) is 5. The van der Waals surface area contributed by atoms with Crippen molar-refractivity contribution in [1.82, 2.24) is 30.3 Å². The van der Waals surface area contributed by atoms with Crippen LogP contribution in [0.15, 0.2) is 35.3 Å². The van der Waals surface area contributed by atoms with Crippen molar-refractivity contribution >= 4 is 29.9 Å². The van der Waals surface area contributed by atoms with Crippen LogP contribution >= 0.6 is 24.0 Å². The van der Waals surface area contributed by atoms with Gasteiger partial charge in [-0.05, 0) is 39.2 Å². The van der Waals surface area contributed by atoms with Gasteiger partial charge in [-0.3, -0.25) is 4.90 Å². The Bertz CT molecular complexity index is 827. The Morgan fingerprint density at radius 2 is 2.03 bits per heavy atom. The number of hydrogen-bond donors (Lipinski definition) is 2. The molecule has 0 aliphatic carbocycles. The maximum atomic E-state index is 5.45. The molecule has 178 valence electrons. The number of benzene rings is 1. The van der Waals surface area contributed by atoms with Gasteiger partial charge in [0.05, 0.1) is 0 Å². The molecule has 1 aromatic carbocycles. The fraction of sp³-hybridized carbons (Fsp3) is 0.609. The van der Waals surface area contributed by atoms with Crippen molar-refractivity contribution in [3.05, 3.63) is 47.5 Å². The fourth-order valence-corrected chi connectivity index (χ4v) is 3.85. The number of nitrogens with one attached hydrogen (secondary N) is 2. The van der Waals surface area contributed by atoms with Gasteiger partial charge in [0.15, 0.2) is 11.8 Å². The number of likely N-dealkylation sites (tertiary alicyclic amines) is 1. The zero-order valence-electron chi connectivity index (χ0n) is 19.8. The monoisotopic (exact) mass is 555 g/mol. The van der Waals surface area contributed by atoms with Crippen molar-refractivity contribution in [3.63, 3.8) is 0 Å². The van der Waals surface area contributed by atoms with E-state index in [2.05, 4.69) is 63.0 Å². The molecule has 1 saturated heterocycles. The summed E-state index contributed by atoms with van der Waals surface area (Å²) in [5, 5.41) is 15.5. The second-order valence-electron chi connectivity index (χ2n) is 8.21. The highest BCUT2D eigenvalue weighted by Crippen LogP contribution is 2.20. The number of nitrogens with zero attached hydrogens (tertiary/aromatic N) is 5. The standard InChI is InChI=1S/C23H37N7O.HI/c1-5-31-13-9-12-24-23(25-15-22-28-27-19(3)29(22)4)26-21-14-18(2)30(17-21)16-20-10-7-6-8-11-20;/h6-8,10-11,18,21H,5,9,12-17H2,1-4H3,(H2,24,25,26);1H. The zero-order valence-corrected chi connectivity index (χ0v) is 22.1. The van der Waals surface area contributed by atoms with E-state index in [1.165, 1.54) is 5.56 Å². The molecule has 1 aliphatic heterocycles. The van der Waals surface area contributed by atoms with E-state index in [-0.39, 0.29) is 24.0 Å². The molecule has 3 rings (SSSR count). The first kappa shape index (κ1) is 26.5. The van der Waals surface area contributed by atoms with Crippen LogP contribution < -0.4 is 10.6 Å². The maximum Gasteiger partial charge on any atom is 0.191 e. The van der Waals surface area contributed by atoms with Gasteiger partial charge in [0.25, 0.3) is 0 Å². The van der Waals surface area contributed by atoms with Crippen molar-refractivity contribution < 1.29 is 4.74 Å². The third-order valence-corrected chi connectivity index (χ3v) is 5.80. The van der Waals surface area contributed by atoms with E-state index >= 15 is 0 Å². The normalized spacial score (nSPS) is 19.1. The van der Waals surface area contributed by atoms with Gasteiger partial charge in [-0.2, -0.15) is 0 Å². The molecule has 0 radical (unpaired) electrons. The van der Waals surface area contributed by atoms with Crippen molar-refractivity contribution in [3.8, 4) is 0 Å². The molecule has 8 nitrogen and oxygen atoms in total. The Balaban J connectivity index is 0.00000363. The molecule has 0 bridgehead atoms. The summed E-state index contributed by atoms with van der Waals surface area (Å²) < 4.78 is 7.43. The summed E-state index contributed by atoms with van der Waals surface area (Å²) in [6.45, 7) is 11.1. The van der Waals surface area contributed by atoms with Crippen molar-refractivity contribution in [2.45, 2.75) is 58.8 Å². The molecule has 2 unspecified atom stereocenters. The van der Waals surface area contributed by atoms with Crippen LogP contribution in [0, 0.1) is 6.92 Å². The van der Waals surface area contributed by atoms with Gasteiger partial charge in [-0.15, -0.1) is 34.2 Å². The minimum absolute atomic E-state index is 0. The Morgan fingerprint density at radius 1 is 1.25 bits per heavy atom. The molecule has 1 fully saturated rings. The van der Waals surface area contributed by atoms with Gasteiger partial charge in [-0.1, -0.05) is 30.3 Å². The van der Waals surface area contributed by atoms with Crippen LogP contribution in [0.1, 0.15) is 43.9 Å². The van der Waals surface area contributed by atoms with Crippen molar-refractivity contribution in [2.75, 3.05) is 26.3 Å². The minimum Gasteiger partial charge on any atom is -0.382 e. The van der Waals surface area contributed by atoms with E-state index in [1.807, 2.05) is 25.5 Å². The molecule has 2 heterocycles. The number of aromatic nitrogens is 3. The summed E-state index contributed by atoms with van der Waals surface area (Å²) >= 11 is 0. The highest BCUT2D eigenvalue weighted by atomic mass is 127. The van der Waals surface area contributed by atoms with Gasteiger partial charge in [-0.25, -0.2) is 4.99 Å². The van der Waals surface area contributed by atoms with Crippen LogP contribution in [0.5, 0.6) is 0 Å². The SMILES string of the molecule is CCOCCCNC(=NCc1nnc(C)n1C)NC1CC(C)N(Cc2ccccc2)C1.I. The largest absolute Gasteiger partial charge is 0.382 e. The predicted molar refractivity (Wildman–Crippen MR) is 139 cm³/mol. The first-order valence-electron chi connectivity index (χ1n) is 11.3. The van der Waals surface area contributed by atoms with Crippen molar-refractivity contribution in [2.24, 2.45) is 12.0 Å². The quantitative estimate of drug-likeness (QED) is 0.203. The number of halogens is 1. The summed E-state index contributed by atoms with van der Waals surface area (Å²) in [5.74, 6) is 2.58. The molecule has 0 spiro atoms. The van der Waals surface area contributed by atoms with E-state index in [0.717, 1.165) is 63.3 Å². The summed E-state index contributed by atoms with van der Waals surface area (Å²) in [5.41, 5.74) is 1.36. The Hall–Kier alpha value is -1.72. The number of aryl methyl sites for hydroxylation is 1. The minimum atomic E-state index is 0. The van der Waals surface area contributed by atoms with Gasteiger partial charge in [0.2, 0.25) is 0 Å². The second kappa shape index (κ2) is 13.7. The second-order valence-corrected chi connectivity index (χ2v) is 8.21. The average Bonchev–Trinajstić information content (AvgIpc) is 3.27. The molecule has 0 saturated carbocycles. The van der Waals surface area contributed by atoms with E-state index in [4.69, 9.17) is 9.73 Å². The highest BCUT2D eigenvalue weighted by Gasteiger charge is 2.29. The van der Waals surface area contributed by atoms with Crippen molar-refractivity contribution in [1.29, 1.82) is 0 Å². The lowest BCUT2D eigenvalue weighted by Gasteiger charge is -2.21. The zero-order chi connectivity index (χ0) is 22.1. The first-order valence-corrected chi connectivity index (χ1v) is 11.3. The van der Waals surface area contributed by atoms with Crippen LogP contribution in [-0.4, -0.2) is 64.0 Å². The Labute approximate surface area is 209 Å². The number of rotatable bonds is 10. The lowest BCUT2D eigenvalue weighted by atomic mass is 10.2. The number of ether oxygens (including phenoxy) is 1. The highest BCUT2D eigenvalue weighted by molar-refractivity contribution is 14.0. The molecule has 2 aromatic rings. The average molecular weight is 556 g/mol. The summed E-state index contributed by atoms with van der Waals surface area (Å²) in [7, 11) is 1.98. The summed E-state index contributed by atoms with van der Waals surface area (Å²) in [6, 6.07) is 11.6. The summed E-state index contributed by atoms with van der Waals surface area (Å²) in [4.78, 5) is 7.33. The smallest absolute Gasteiger partial charge is 0.191 e. The maximum absolute atomic E-state index is 5.45. The molecule has 1 aromatic heterocycles. The molecule has 1 aliphatic rings. The lowest BCUT2D eigenvalue weighted by molar-refractivity contribution is 0.145. The third kappa shape index (κ3) is 8.00. The molecule has 2 N–H and O–H groups in total. The third-order valence-electron chi connectivity index (χ3n) is 5.80. The number of guanidine groups is 1. The summed E-state index contributed by atoms with van der Waals surface area (Å²) in [6.07, 6.45) is 2.04. The van der Waals surface area contributed by atoms with Gasteiger partial charge in [0.1, 0.15) is 12.4 Å². The van der Waals surface area contributed by atoms with E-state index in [9.17, 15) is 0 Å². The van der Waals surface area contributed by atoms with Crippen LogP contribution in [-0.2, 0) is 24.9 Å². The van der Waals surface area contributed by atoms with Crippen LogP contribution in [0.25, 0.3) is 0 Å². The lowest BCUT2D eigenvalue weighted by Crippen LogP contribution is -2.45. The van der Waals surface area contributed by atoms with E-state index in [1.54, 1.807) is 0 Å². The van der Waals surface area contributed by atoms with Crippen LogP contribution in [0.3, 0.4) is 0 Å². The van der Waals surface area contributed by atoms with Gasteiger partial charge in [0, 0.05) is 52.0 Å². The van der Waals surface area contributed by atoms with Crippen LogP contribution in [0.4, 0.5) is 0 Å². The molecule has 32 heavy (non-hydrogen) atoms. The van der Waals surface area contributed by atoms with Crippen LogP contribution in [0.2, 0.25) is 0 Å². The Kier molecular flexibility index (Phi) is 11.4. The number of aliphatic imine (C=N–C) groups is 1. The topological polar surface area (TPSA) is 79.6 Å². The molecule has 0 amide bonds. The fourth-order valence-electron chi connectivity index (χ4n) is 3.85. The molecule has 2 atom stereocenters. The molecule has 9 heteroatoms. The van der Waals surface area contributed by atoms with Gasteiger partial charge >= 0.3 is 0 Å².